The summed E-state index contributed by atoms with van der Waals surface area (Å²) in [6, 6.07) is 9.77. The summed E-state index contributed by atoms with van der Waals surface area (Å²) in [5.74, 6) is 0.687. The van der Waals surface area contributed by atoms with Crippen molar-refractivity contribution < 1.29 is 14.1 Å². The van der Waals surface area contributed by atoms with Crippen molar-refractivity contribution in [1.82, 2.24) is 15.4 Å². The van der Waals surface area contributed by atoms with Gasteiger partial charge in [-0.05, 0) is 19.9 Å². The lowest BCUT2D eigenvalue weighted by Crippen LogP contribution is -2.38. The molecule has 1 aromatic heterocycles. The molecule has 3 rings (SSSR count). The third-order valence-electron chi connectivity index (χ3n) is 4.43. The predicted octanol–water partition coefficient (Wildman–Crippen LogP) is 2.03. The number of hydrogen-bond donors (Lipinski definition) is 1. The lowest BCUT2D eigenvalue weighted by molar-refractivity contribution is -0.120. The normalized spacial score (nSPS) is 15.2. The van der Waals surface area contributed by atoms with Gasteiger partial charge in [0.05, 0.1) is 25.3 Å². The standard InChI is InChI=1S/C19H25N3O3/c1-15-17(19(25-21-15)16-6-3-2-4-7-16)14-18(23)20-8-5-9-22-10-12-24-13-11-22/h2-4,6-7H,5,8-14H2,1H3,(H,20,23). The van der Waals surface area contributed by atoms with Crippen LogP contribution in [0.4, 0.5) is 0 Å². The van der Waals surface area contributed by atoms with E-state index in [4.69, 9.17) is 9.26 Å². The smallest absolute Gasteiger partial charge is 0.224 e. The molecule has 2 heterocycles. The fourth-order valence-electron chi connectivity index (χ4n) is 2.99. The number of aryl methyl sites for hydroxylation is 1. The lowest BCUT2D eigenvalue weighted by Gasteiger charge is -2.26. The Labute approximate surface area is 148 Å². The number of aromatic nitrogens is 1. The molecule has 0 unspecified atom stereocenters. The second-order valence-electron chi connectivity index (χ2n) is 6.28. The van der Waals surface area contributed by atoms with Crippen molar-refractivity contribution in [2.45, 2.75) is 19.8 Å². The van der Waals surface area contributed by atoms with Gasteiger partial charge in [-0.1, -0.05) is 35.5 Å². The number of benzene rings is 1. The van der Waals surface area contributed by atoms with Crippen LogP contribution in [-0.2, 0) is 16.0 Å². The largest absolute Gasteiger partial charge is 0.379 e. The monoisotopic (exact) mass is 343 g/mol. The highest BCUT2D eigenvalue weighted by molar-refractivity contribution is 5.81. The van der Waals surface area contributed by atoms with Gasteiger partial charge in [-0.15, -0.1) is 0 Å². The van der Waals surface area contributed by atoms with E-state index in [1.54, 1.807) is 0 Å². The van der Waals surface area contributed by atoms with Crippen LogP contribution >= 0.6 is 0 Å². The maximum absolute atomic E-state index is 12.3. The quantitative estimate of drug-likeness (QED) is 0.779. The Morgan fingerprint density at radius 2 is 2.00 bits per heavy atom. The Morgan fingerprint density at radius 1 is 1.24 bits per heavy atom. The summed E-state index contributed by atoms with van der Waals surface area (Å²) in [5, 5.41) is 7.03. The van der Waals surface area contributed by atoms with Gasteiger partial charge in [-0.3, -0.25) is 9.69 Å². The zero-order valence-electron chi connectivity index (χ0n) is 14.7. The Hall–Kier alpha value is -2.18. The van der Waals surface area contributed by atoms with E-state index < -0.39 is 0 Å². The highest BCUT2D eigenvalue weighted by Crippen LogP contribution is 2.26. The van der Waals surface area contributed by atoms with Crippen LogP contribution in [0.3, 0.4) is 0 Å². The molecule has 1 N–H and O–H groups in total. The zero-order valence-corrected chi connectivity index (χ0v) is 14.7. The highest BCUT2D eigenvalue weighted by atomic mass is 16.5. The summed E-state index contributed by atoms with van der Waals surface area (Å²) in [6.45, 7) is 7.12. The molecular weight excluding hydrogens is 318 g/mol. The van der Waals surface area contributed by atoms with E-state index in [-0.39, 0.29) is 12.3 Å². The van der Waals surface area contributed by atoms with Crippen LogP contribution < -0.4 is 5.32 Å². The number of carbonyl (C=O) groups is 1. The second kappa shape index (κ2) is 8.78. The molecule has 0 saturated carbocycles. The van der Waals surface area contributed by atoms with Crippen molar-refractivity contribution in [3.05, 3.63) is 41.6 Å². The molecule has 1 fully saturated rings. The molecule has 25 heavy (non-hydrogen) atoms. The van der Waals surface area contributed by atoms with Crippen molar-refractivity contribution in [3.8, 4) is 11.3 Å². The molecule has 1 saturated heterocycles. The van der Waals surface area contributed by atoms with Crippen LogP contribution in [0.15, 0.2) is 34.9 Å². The molecule has 0 spiro atoms. The third-order valence-corrected chi connectivity index (χ3v) is 4.43. The van der Waals surface area contributed by atoms with Gasteiger partial charge >= 0.3 is 0 Å². The highest BCUT2D eigenvalue weighted by Gasteiger charge is 2.17. The van der Waals surface area contributed by atoms with Crippen molar-refractivity contribution in [1.29, 1.82) is 0 Å². The molecule has 0 aliphatic carbocycles. The van der Waals surface area contributed by atoms with E-state index in [0.717, 1.165) is 56.1 Å². The maximum atomic E-state index is 12.3. The minimum Gasteiger partial charge on any atom is -0.379 e. The SMILES string of the molecule is Cc1noc(-c2ccccc2)c1CC(=O)NCCCN1CCOCC1. The summed E-state index contributed by atoms with van der Waals surface area (Å²) in [7, 11) is 0. The summed E-state index contributed by atoms with van der Waals surface area (Å²) in [5.41, 5.74) is 2.57. The molecule has 2 aromatic rings. The molecule has 0 bridgehead atoms. The Bertz CT molecular complexity index is 678. The number of nitrogens with zero attached hydrogens (tertiary/aromatic N) is 2. The molecule has 1 aliphatic rings. The molecule has 1 aliphatic heterocycles. The number of ether oxygens (including phenoxy) is 1. The molecule has 1 aromatic carbocycles. The first-order chi connectivity index (χ1) is 12.2. The van der Waals surface area contributed by atoms with E-state index in [2.05, 4.69) is 15.4 Å². The fourth-order valence-corrected chi connectivity index (χ4v) is 2.99. The van der Waals surface area contributed by atoms with Crippen LogP contribution in [0.1, 0.15) is 17.7 Å². The van der Waals surface area contributed by atoms with Gasteiger partial charge in [-0.25, -0.2) is 0 Å². The number of rotatable bonds is 7. The number of hydrogen-bond acceptors (Lipinski definition) is 5. The third kappa shape index (κ3) is 4.90. The fraction of sp³-hybridized carbons (Fsp3) is 0.474. The molecule has 0 atom stereocenters. The van der Waals surface area contributed by atoms with Crippen molar-refractivity contribution in [3.63, 3.8) is 0 Å². The average Bonchev–Trinajstić information content (AvgIpc) is 3.01. The van der Waals surface area contributed by atoms with Crippen LogP contribution in [0, 0.1) is 6.92 Å². The second-order valence-corrected chi connectivity index (χ2v) is 6.28. The van der Waals surface area contributed by atoms with E-state index in [1.165, 1.54) is 0 Å². The number of amides is 1. The Morgan fingerprint density at radius 3 is 2.76 bits per heavy atom. The summed E-state index contributed by atoms with van der Waals surface area (Å²) >= 11 is 0. The summed E-state index contributed by atoms with van der Waals surface area (Å²) in [4.78, 5) is 14.7. The Balaban J connectivity index is 1.49. The van der Waals surface area contributed by atoms with Crippen LogP contribution in [0.2, 0.25) is 0 Å². The van der Waals surface area contributed by atoms with Gasteiger partial charge in [0.2, 0.25) is 5.91 Å². The molecule has 134 valence electrons. The number of carbonyl (C=O) groups excluding carboxylic acids is 1. The van der Waals surface area contributed by atoms with Crippen molar-refractivity contribution in [2.75, 3.05) is 39.4 Å². The van der Waals surface area contributed by atoms with E-state index in [1.807, 2.05) is 37.3 Å². The molecule has 0 radical (unpaired) electrons. The van der Waals surface area contributed by atoms with Gasteiger partial charge < -0.3 is 14.6 Å². The van der Waals surface area contributed by atoms with E-state index in [9.17, 15) is 4.79 Å². The van der Waals surface area contributed by atoms with Gasteiger partial charge in [0.15, 0.2) is 5.76 Å². The number of morpholine rings is 1. The van der Waals surface area contributed by atoms with Crippen molar-refractivity contribution in [2.24, 2.45) is 0 Å². The molecule has 6 nitrogen and oxygen atoms in total. The van der Waals surface area contributed by atoms with Gasteiger partial charge in [0.25, 0.3) is 0 Å². The van der Waals surface area contributed by atoms with Crippen LogP contribution in [0.25, 0.3) is 11.3 Å². The maximum Gasteiger partial charge on any atom is 0.224 e. The van der Waals surface area contributed by atoms with Gasteiger partial charge in [0.1, 0.15) is 0 Å². The van der Waals surface area contributed by atoms with Gasteiger partial charge in [-0.2, -0.15) is 0 Å². The summed E-state index contributed by atoms with van der Waals surface area (Å²) < 4.78 is 10.8. The Kier molecular flexibility index (Phi) is 6.19. The zero-order chi connectivity index (χ0) is 17.5. The predicted molar refractivity (Wildman–Crippen MR) is 95.3 cm³/mol. The first-order valence-corrected chi connectivity index (χ1v) is 8.81. The molecule has 1 amide bonds. The first-order valence-electron chi connectivity index (χ1n) is 8.81. The summed E-state index contributed by atoms with van der Waals surface area (Å²) in [6.07, 6.45) is 1.23. The molecular formula is C19H25N3O3. The minimum atomic E-state index is 0.00505. The lowest BCUT2D eigenvalue weighted by atomic mass is 10.0. The molecule has 6 heteroatoms. The van der Waals surface area contributed by atoms with Crippen LogP contribution in [0.5, 0.6) is 0 Å². The van der Waals surface area contributed by atoms with Gasteiger partial charge in [0, 0.05) is 30.8 Å². The average molecular weight is 343 g/mol. The topological polar surface area (TPSA) is 67.6 Å². The van der Waals surface area contributed by atoms with Crippen molar-refractivity contribution >= 4 is 5.91 Å². The van der Waals surface area contributed by atoms with E-state index >= 15 is 0 Å². The van der Waals surface area contributed by atoms with E-state index in [0.29, 0.717) is 12.3 Å². The minimum absolute atomic E-state index is 0.00505. The van der Waals surface area contributed by atoms with Crippen LogP contribution in [-0.4, -0.2) is 55.4 Å². The number of nitrogens with one attached hydrogen (secondary N) is 1. The first kappa shape index (κ1) is 17.6.